The van der Waals surface area contributed by atoms with E-state index in [0.717, 1.165) is 13.1 Å². The van der Waals surface area contributed by atoms with E-state index in [2.05, 4.69) is 10.0 Å². The SMILES string of the molecule is O=C([O-])CC(O)(CC(=O)[O-])C(=O)[O-].O=C1OC(CN2CCOCC2)CN1/N=C\c1ccc([N+](=O)[O-])o1. The summed E-state index contributed by atoms with van der Waals surface area (Å²) >= 11 is 0. The molecule has 3 heterocycles. The smallest absolute Gasteiger partial charge is 0.433 e. The van der Waals surface area contributed by atoms with Crippen molar-refractivity contribution in [1.82, 2.24) is 9.91 Å². The highest BCUT2D eigenvalue weighted by Crippen LogP contribution is 2.16. The van der Waals surface area contributed by atoms with Crippen LogP contribution in [0.3, 0.4) is 0 Å². The Bertz CT molecular complexity index is 985. The summed E-state index contributed by atoms with van der Waals surface area (Å²) in [7, 11) is 0. The van der Waals surface area contributed by atoms with Crippen LogP contribution in [0.25, 0.3) is 0 Å². The van der Waals surface area contributed by atoms with Crippen molar-refractivity contribution in [1.29, 1.82) is 0 Å². The minimum absolute atomic E-state index is 0.195. The predicted molar refractivity (Wildman–Crippen MR) is 106 cm³/mol. The largest absolute Gasteiger partial charge is 0.550 e. The van der Waals surface area contributed by atoms with Gasteiger partial charge in [0, 0.05) is 44.4 Å². The Kier molecular flexibility index (Phi) is 9.83. The number of ether oxygens (including phenoxy) is 2. The van der Waals surface area contributed by atoms with E-state index >= 15 is 0 Å². The fourth-order valence-electron chi connectivity index (χ4n) is 3.09. The molecule has 1 aromatic heterocycles. The fourth-order valence-corrected chi connectivity index (χ4v) is 3.09. The molecule has 1 amide bonds. The number of hydrogen-bond acceptors (Lipinski definition) is 15. The quantitative estimate of drug-likeness (QED) is 0.176. The van der Waals surface area contributed by atoms with Crippen LogP contribution in [0.1, 0.15) is 18.6 Å². The summed E-state index contributed by atoms with van der Waals surface area (Å²) < 4.78 is 15.5. The van der Waals surface area contributed by atoms with Gasteiger partial charge in [-0.1, -0.05) is 0 Å². The molecule has 36 heavy (non-hydrogen) atoms. The number of rotatable bonds is 10. The third kappa shape index (κ3) is 8.60. The number of carbonyl (C=O) groups is 4. The minimum Gasteiger partial charge on any atom is -0.550 e. The molecule has 0 saturated carbocycles. The van der Waals surface area contributed by atoms with E-state index < -0.39 is 47.4 Å². The van der Waals surface area contributed by atoms with E-state index in [9.17, 15) is 44.6 Å². The van der Waals surface area contributed by atoms with Crippen LogP contribution in [0.5, 0.6) is 0 Å². The van der Waals surface area contributed by atoms with Crippen molar-refractivity contribution in [2.24, 2.45) is 5.10 Å². The second-order valence-electron chi connectivity index (χ2n) is 7.60. The Hall–Kier alpha value is -4.09. The molecule has 0 radical (unpaired) electrons. The Morgan fingerprint density at radius 2 is 1.78 bits per heavy atom. The number of aliphatic hydroxyl groups is 1. The van der Waals surface area contributed by atoms with E-state index in [4.69, 9.17) is 19.0 Å². The van der Waals surface area contributed by atoms with E-state index in [-0.39, 0.29) is 17.7 Å². The second-order valence-corrected chi connectivity index (χ2v) is 7.60. The normalized spacial score (nSPS) is 18.4. The second kappa shape index (κ2) is 12.6. The Labute approximate surface area is 202 Å². The zero-order valence-corrected chi connectivity index (χ0v) is 18.6. The molecule has 3 rings (SSSR count). The molecule has 0 bridgehead atoms. The Balaban J connectivity index is 0.000000302. The molecule has 1 aromatic rings. The predicted octanol–water partition coefficient (Wildman–Crippen LogP) is -4.58. The van der Waals surface area contributed by atoms with Crippen molar-refractivity contribution in [2.45, 2.75) is 24.5 Å². The minimum atomic E-state index is -2.97. The van der Waals surface area contributed by atoms with Crippen molar-refractivity contribution in [2.75, 3.05) is 39.4 Å². The number of aliphatic carboxylic acids is 3. The highest BCUT2D eigenvalue weighted by atomic mass is 16.6. The summed E-state index contributed by atoms with van der Waals surface area (Å²) in [6.45, 7) is 3.95. The van der Waals surface area contributed by atoms with Gasteiger partial charge < -0.3 is 48.7 Å². The number of nitro groups is 1. The average Bonchev–Trinajstić information content (AvgIpc) is 3.39. The van der Waals surface area contributed by atoms with E-state index in [0.29, 0.717) is 26.3 Å². The summed E-state index contributed by atoms with van der Waals surface area (Å²) in [5.41, 5.74) is -2.97. The molecule has 17 nitrogen and oxygen atoms in total. The molecule has 2 aliphatic rings. The summed E-state index contributed by atoms with van der Waals surface area (Å²) in [6.07, 6.45) is -2.26. The highest BCUT2D eigenvalue weighted by molar-refractivity contribution is 5.86. The third-order valence-corrected chi connectivity index (χ3v) is 4.79. The van der Waals surface area contributed by atoms with Crippen LogP contribution in [0.4, 0.5) is 10.7 Å². The zero-order valence-electron chi connectivity index (χ0n) is 18.6. The topological polar surface area (TPSA) is 251 Å². The van der Waals surface area contributed by atoms with Gasteiger partial charge in [0.2, 0.25) is 0 Å². The van der Waals surface area contributed by atoms with E-state index in [1.54, 1.807) is 0 Å². The first-order valence-electron chi connectivity index (χ1n) is 10.3. The van der Waals surface area contributed by atoms with Crippen LogP contribution >= 0.6 is 0 Å². The maximum Gasteiger partial charge on any atom is 0.433 e. The summed E-state index contributed by atoms with van der Waals surface area (Å²) in [4.78, 5) is 53.8. The van der Waals surface area contributed by atoms with Crippen molar-refractivity contribution < 1.29 is 58.4 Å². The van der Waals surface area contributed by atoms with Gasteiger partial charge in [-0.15, -0.1) is 0 Å². The number of amides is 1. The number of morpholine rings is 1. The fraction of sp³-hybridized carbons (Fsp3) is 0.526. The van der Waals surface area contributed by atoms with Gasteiger partial charge in [-0.25, -0.2) is 4.79 Å². The van der Waals surface area contributed by atoms with Crippen molar-refractivity contribution in [3.8, 4) is 0 Å². The van der Waals surface area contributed by atoms with Gasteiger partial charge in [-0.2, -0.15) is 10.1 Å². The van der Waals surface area contributed by atoms with Crippen LogP contribution in [0, 0.1) is 10.1 Å². The average molecular weight is 513 g/mol. The van der Waals surface area contributed by atoms with E-state index in [1.807, 2.05) is 0 Å². The first kappa shape index (κ1) is 28.1. The Morgan fingerprint density at radius 1 is 1.17 bits per heavy atom. The summed E-state index contributed by atoms with van der Waals surface area (Å²) in [5, 5.41) is 54.6. The molecule has 1 N–H and O–H groups in total. The lowest BCUT2D eigenvalue weighted by atomic mass is 9.96. The standard InChI is InChI=1S/C13H16N4O6.C6H8O7/c18-13-16(14-7-10-1-2-12(22-10)17(19)20)9-11(23-13)8-15-3-5-21-6-4-15;7-3(8)1-6(13,5(11)12)2-4(9)10/h1-2,7,11H,3-6,8-9H2;13H,1-2H2,(H,7,8)(H,9,10)(H,11,12)/p-3/b14-7-;. The number of cyclic esters (lactones) is 1. The van der Waals surface area contributed by atoms with Crippen molar-refractivity contribution in [3.63, 3.8) is 0 Å². The van der Waals surface area contributed by atoms with E-state index in [1.165, 1.54) is 23.4 Å². The molecular formula is C19H21N4O13-3. The molecule has 198 valence electrons. The number of hydrazone groups is 1. The molecule has 0 spiro atoms. The molecule has 0 aromatic carbocycles. The number of carboxylic acids is 3. The lowest BCUT2D eigenvalue weighted by molar-refractivity contribution is -0.402. The highest BCUT2D eigenvalue weighted by Gasteiger charge is 2.33. The molecule has 2 fully saturated rings. The van der Waals surface area contributed by atoms with Crippen molar-refractivity contribution in [3.05, 3.63) is 28.0 Å². The van der Waals surface area contributed by atoms with Gasteiger partial charge in [0.25, 0.3) is 0 Å². The first-order chi connectivity index (χ1) is 16.9. The van der Waals surface area contributed by atoms with Crippen LogP contribution in [-0.4, -0.2) is 101 Å². The summed E-state index contributed by atoms with van der Waals surface area (Å²) in [5.74, 6) is -6.16. The maximum atomic E-state index is 11.8. The van der Waals surface area contributed by atoms with Gasteiger partial charge >= 0.3 is 12.0 Å². The lowest BCUT2D eigenvalue weighted by Crippen LogP contribution is -2.54. The van der Waals surface area contributed by atoms with Crippen LogP contribution < -0.4 is 15.3 Å². The number of hydrogen-bond donors (Lipinski definition) is 1. The van der Waals surface area contributed by atoms with Gasteiger partial charge in [0.1, 0.15) is 16.6 Å². The number of furan rings is 1. The number of carbonyl (C=O) groups excluding carboxylic acids is 4. The molecule has 1 unspecified atom stereocenters. The van der Waals surface area contributed by atoms with Crippen LogP contribution in [0.2, 0.25) is 0 Å². The maximum absolute atomic E-state index is 11.8. The van der Waals surface area contributed by atoms with Gasteiger partial charge in [-0.3, -0.25) is 15.0 Å². The molecule has 2 saturated heterocycles. The number of carboxylic acid groups (broad SMARTS) is 3. The van der Waals surface area contributed by atoms with Crippen LogP contribution in [0.15, 0.2) is 21.7 Å². The molecule has 1 atom stereocenters. The lowest BCUT2D eigenvalue weighted by Gasteiger charge is -2.29. The molecule has 0 aliphatic carbocycles. The monoisotopic (exact) mass is 513 g/mol. The first-order valence-corrected chi connectivity index (χ1v) is 10.3. The van der Waals surface area contributed by atoms with Gasteiger partial charge in [-0.05, 0) is 6.07 Å². The van der Waals surface area contributed by atoms with Gasteiger partial charge in [0.05, 0.1) is 38.0 Å². The Morgan fingerprint density at radius 3 is 2.28 bits per heavy atom. The van der Waals surface area contributed by atoms with Crippen LogP contribution in [-0.2, 0) is 23.9 Å². The molecule has 17 heteroatoms. The molecular weight excluding hydrogens is 492 g/mol. The van der Waals surface area contributed by atoms with Gasteiger partial charge in [0.15, 0.2) is 5.76 Å². The zero-order chi connectivity index (χ0) is 26.9. The molecule has 2 aliphatic heterocycles. The summed E-state index contributed by atoms with van der Waals surface area (Å²) in [6, 6.07) is 2.64. The third-order valence-electron chi connectivity index (χ3n) is 4.79. The number of nitrogens with zero attached hydrogens (tertiary/aromatic N) is 4. The van der Waals surface area contributed by atoms with Crippen molar-refractivity contribution >= 4 is 36.1 Å².